The second-order valence-corrected chi connectivity index (χ2v) is 4.38. The molecule has 0 rings (SSSR count). The summed E-state index contributed by atoms with van der Waals surface area (Å²) in [5.41, 5.74) is 5.30. The van der Waals surface area contributed by atoms with Crippen molar-refractivity contribution in [1.82, 2.24) is 9.25 Å². The van der Waals surface area contributed by atoms with E-state index < -0.39 is 30.5 Å². The number of hydrogen-bond donors (Lipinski definition) is 4. The van der Waals surface area contributed by atoms with Gasteiger partial charge >= 0.3 is 26.6 Å². The molecule has 0 aliphatic rings. The van der Waals surface area contributed by atoms with Crippen LogP contribution in [0.3, 0.4) is 0 Å². The Morgan fingerprint density at radius 3 is 1.54 bits per heavy atom. The van der Waals surface area contributed by atoms with Crippen molar-refractivity contribution in [3.05, 3.63) is 0 Å². The Hall–Kier alpha value is -0.950. The Kier molecular flexibility index (Phi) is 3.18. The lowest BCUT2D eigenvalue weighted by Crippen LogP contribution is -2.50. The summed E-state index contributed by atoms with van der Waals surface area (Å²) in [7, 11) is -10.7. The zero-order valence-electron chi connectivity index (χ0n) is 5.78. The monoisotopic (exact) mass is 235 g/mol. The van der Waals surface area contributed by atoms with Gasteiger partial charge in [0, 0.05) is 3.82 Å². The lowest BCUT2D eigenvalue weighted by Gasteiger charge is -2.12. The lowest BCUT2D eigenvalue weighted by atomic mass is 11.2. The second kappa shape index (κ2) is 3.43. The van der Waals surface area contributed by atoms with Crippen LogP contribution in [0, 0.1) is 0 Å². The van der Waals surface area contributed by atoms with E-state index in [1.165, 1.54) is 0 Å². The summed E-state index contributed by atoms with van der Waals surface area (Å²) < 4.78 is 55.9. The molecule has 0 aliphatic carbocycles. The summed E-state index contributed by atoms with van der Waals surface area (Å²) in [6.07, 6.45) is 0. The molecule has 0 spiro atoms. The first-order valence-electron chi connectivity index (χ1n) is 2.36. The average molecular weight is 235 g/mol. The van der Waals surface area contributed by atoms with Crippen molar-refractivity contribution in [3.63, 3.8) is 0 Å². The number of amides is 2. The quantitative estimate of drug-likeness (QED) is 0.309. The SMILES string of the molecule is NC(=O)NN(S(=O)(=O)O)S(=O)(=O)O. The molecule has 0 aliphatic heterocycles. The van der Waals surface area contributed by atoms with E-state index in [1.54, 1.807) is 0 Å². The van der Waals surface area contributed by atoms with E-state index in [2.05, 4.69) is 5.73 Å². The van der Waals surface area contributed by atoms with Gasteiger partial charge in [-0.3, -0.25) is 9.11 Å². The van der Waals surface area contributed by atoms with Crippen molar-refractivity contribution in [1.29, 1.82) is 0 Å². The minimum atomic E-state index is -5.33. The fourth-order valence-corrected chi connectivity index (χ4v) is 1.69. The molecule has 0 aromatic rings. The highest BCUT2D eigenvalue weighted by molar-refractivity contribution is 7.98. The third kappa shape index (κ3) is 4.00. The third-order valence-corrected chi connectivity index (χ3v) is 2.77. The second-order valence-electron chi connectivity index (χ2n) is 1.63. The van der Waals surface area contributed by atoms with E-state index in [0.29, 0.717) is 0 Å². The Morgan fingerprint density at radius 2 is 1.46 bits per heavy atom. The van der Waals surface area contributed by atoms with E-state index in [1.807, 2.05) is 0 Å². The molecule has 0 saturated carbocycles. The number of primary amides is 1. The highest BCUT2D eigenvalue weighted by atomic mass is 32.3. The number of hydrazine groups is 1. The summed E-state index contributed by atoms with van der Waals surface area (Å²) in [6.45, 7) is 0. The Bertz CT molecular complexity index is 359. The van der Waals surface area contributed by atoms with Crippen LogP contribution in [0.15, 0.2) is 0 Å². The maximum atomic E-state index is 10.2. The van der Waals surface area contributed by atoms with Crippen molar-refractivity contribution in [2.24, 2.45) is 5.73 Å². The number of rotatable bonds is 3. The molecule has 10 nitrogen and oxygen atoms in total. The smallest absolute Gasteiger partial charge is 0.350 e. The number of urea groups is 1. The van der Waals surface area contributed by atoms with Crippen LogP contribution < -0.4 is 11.2 Å². The zero-order valence-corrected chi connectivity index (χ0v) is 7.41. The Labute approximate surface area is 73.0 Å². The Morgan fingerprint density at radius 1 is 1.15 bits per heavy atom. The molecule has 0 unspecified atom stereocenters. The van der Waals surface area contributed by atoms with E-state index in [9.17, 15) is 21.6 Å². The number of carbonyl (C=O) groups is 1. The fourth-order valence-electron chi connectivity index (χ4n) is 0.324. The third-order valence-electron chi connectivity index (χ3n) is 0.621. The van der Waals surface area contributed by atoms with Crippen LogP contribution in [0.1, 0.15) is 0 Å². The first kappa shape index (κ1) is 12.0. The molecule has 5 N–H and O–H groups in total. The summed E-state index contributed by atoms with van der Waals surface area (Å²) in [5.74, 6) is 0. The molecule has 0 heterocycles. The molecule has 0 fully saturated rings. The molecule has 2 amide bonds. The molecule has 12 heteroatoms. The Balaban J connectivity index is 5.15. The number of carbonyl (C=O) groups excluding carboxylic acids is 1. The van der Waals surface area contributed by atoms with Gasteiger partial charge in [0.1, 0.15) is 0 Å². The minimum absolute atomic E-state index is 0.956. The van der Waals surface area contributed by atoms with Crippen molar-refractivity contribution in [2.75, 3.05) is 0 Å². The molecule has 0 atom stereocenters. The maximum absolute atomic E-state index is 10.2. The van der Waals surface area contributed by atoms with Crippen molar-refractivity contribution >= 4 is 26.6 Å². The highest BCUT2D eigenvalue weighted by Crippen LogP contribution is 1.98. The number of nitrogens with one attached hydrogen (secondary N) is 1. The fraction of sp³-hybridized carbons (Fsp3) is 0. The minimum Gasteiger partial charge on any atom is -0.350 e. The lowest BCUT2D eigenvalue weighted by molar-refractivity contribution is 0.235. The van der Waals surface area contributed by atoms with E-state index in [-0.39, 0.29) is 0 Å². The molecular weight excluding hydrogens is 230 g/mol. The number of nitrogens with zero attached hydrogens (tertiary/aromatic N) is 1. The average Bonchev–Trinajstić information content (AvgIpc) is 1.77. The number of nitrogens with two attached hydrogens (primary N) is 1. The summed E-state index contributed by atoms with van der Waals surface area (Å²) in [6, 6.07) is -1.60. The van der Waals surface area contributed by atoms with Gasteiger partial charge in [0.15, 0.2) is 0 Å². The molecular formula is CH5N3O7S2. The largest absolute Gasteiger partial charge is 0.369 e. The molecule has 0 aromatic heterocycles. The van der Waals surface area contributed by atoms with Crippen LogP contribution in [-0.2, 0) is 20.6 Å². The summed E-state index contributed by atoms with van der Waals surface area (Å²) in [5, 5.41) is 0. The predicted molar refractivity (Wildman–Crippen MR) is 37.7 cm³/mol. The topological polar surface area (TPSA) is 167 Å². The molecule has 13 heavy (non-hydrogen) atoms. The molecule has 0 bridgehead atoms. The van der Waals surface area contributed by atoms with Gasteiger partial charge in [-0.2, -0.15) is 16.8 Å². The standard InChI is InChI=1S/CH5N3O7S2/c2-1(5)3-4(12(6,7)8)13(9,10)11/h(H3,2,3,5)(H,6,7,8)(H,9,10,11). The van der Waals surface area contributed by atoms with Crippen LogP contribution in [0.25, 0.3) is 0 Å². The van der Waals surface area contributed by atoms with Crippen molar-refractivity contribution in [2.45, 2.75) is 0 Å². The first-order chi connectivity index (χ1) is 5.55. The van der Waals surface area contributed by atoms with Crippen LogP contribution in [0.2, 0.25) is 0 Å². The zero-order chi connectivity index (χ0) is 10.9. The molecule has 0 aromatic carbocycles. The van der Waals surface area contributed by atoms with E-state index in [0.717, 1.165) is 5.43 Å². The van der Waals surface area contributed by atoms with Gasteiger partial charge in [-0.15, -0.1) is 0 Å². The molecule has 0 saturated heterocycles. The van der Waals surface area contributed by atoms with Crippen LogP contribution in [0.4, 0.5) is 4.79 Å². The van der Waals surface area contributed by atoms with Crippen LogP contribution in [-0.4, -0.2) is 35.8 Å². The van der Waals surface area contributed by atoms with Gasteiger partial charge in [0.2, 0.25) is 0 Å². The van der Waals surface area contributed by atoms with Crippen molar-refractivity contribution in [3.8, 4) is 0 Å². The van der Waals surface area contributed by atoms with Gasteiger partial charge in [0.05, 0.1) is 0 Å². The van der Waals surface area contributed by atoms with Gasteiger partial charge < -0.3 is 5.73 Å². The van der Waals surface area contributed by atoms with Gasteiger partial charge in [0.25, 0.3) is 0 Å². The van der Waals surface area contributed by atoms with Crippen LogP contribution in [0.5, 0.6) is 0 Å². The normalized spacial score (nSPS) is 12.8. The van der Waals surface area contributed by atoms with Crippen molar-refractivity contribution < 1.29 is 30.7 Å². The summed E-state index contributed by atoms with van der Waals surface area (Å²) in [4.78, 5) is 10.0. The maximum Gasteiger partial charge on any atom is 0.369 e. The molecule has 0 radical (unpaired) electrons. The summed E-state index contributed by atoms with van der Waals surface area (Å²) >= 11 is 0. The van der Waals surface area contributed by atoms with Crippen LogP contribution >= 0.6 is 0 Å². The molecule has 78 valence electrons. The van der Waals surface area contributed by atoms with E-state index >= 15 is 0 Å². The van der Waals surface area contributed by atoms with Gasteiger partial charge in [-0.05, 0) is 0 Å². The predicted octanol–water partition coefficient (Wildman–Crippen LogP) is -2.52. The van der Waals surface area contributed by atoms with Gasteiger partial charge in [-0.25, -0.2) is 10.2 Å². The van der Waals surface area contributed by atoms with E-state index in [4.69, 9.17) is 9.11 Å². The number of hydrogen-bond acceptors (Lipinski definition) is 5. The first-order valence-corrected chi connectivity index (χ1v) is 5.16. The highest BCUT2D eigenvalue weighted by Gasteiger charge is 2.32. The van der Waals surface area contributed by atoms with Gasteiger partial charge in [-0.1, -0.05) is 0 Å².